The SMILES string of the molecule is C=C[C@H](Cc1ccccc1)[C@@H](OCC(=C)C)C(C)C. The molecule has 1 heteroatoms. The molecule has 0 heterocycles. The third-order valence-electron chi connectivity index (χ3n) is 3.22. The summed E-state index contributed by atoms with van der Waals surface area (Å²) in [4.78, 5) is 0. The van der Waals surface area contributed by atoms with Crippen LogP contribution in [-0.4, -0.2) is 12.7 Å². The van der Waals surface area contributed by atoms with Crippen molar-refractivity contribution in [2.45, 2.75) is 33.3 Å². The molecule has 0 aliphatic carbocycles. The molecule has 0 aliphatic rings. The summed E-state index contributed by atoms with van der Waals surface area (Å²) in [5, 5.41) is 0. The average Bonchev–Trinajstić information content (AvgIpc) is 2.38. The zero-order valence-corrected chi connectivity index (χ0v) is 12.4. The highest BCUT2D eigenvalue weighted by Crippen LogP contribution is 2.22. The summed E-state index contributed by atoms with van der Waals surface area (Å²) < 4.78 is 6.02. The summed E-state index contributed by atoms with van der Waals surface area (Å²) in [5.41, 5.74) is 2.39. The number of rotatable bonds is 8. The van der Waals surface area contributed by atoms with Gasteiger partial charge in [-0.3, -0.25) is 0 Å². The lowest BCUT2D eigenvalue weighted by Crippen LogP contribution is -2.30. The zero-order valence-electron chi connectivity index (χ0n) is 12.4. The van der Waals surface area contributed by atoms with Crippen molar-refractivity contribution in [3.05, 3.63) is 60.7 Å². The van der Waals surface area contributed by atoms with Crippen molar-refractivity contribution in [2.75, 3.05) is 6.61 Å². The Balaban J connectivity index is 2.73. The van der Waals surface area contributed by atoms with E-state index in [1.165, 1.54) is 5.56 Å². The molecule has 1 aromatic carbocycles. The quantitative estimate of drug-likeness (QED) is 0.617. The first kappa shape index (κ1) is 15.7. The molecule has 0 bridgehead atoms. The van der Waals surface area contributed by atoms with E-state index in [-0.39, 0.29) is 6.10 Å². The number of hydrogen-bond donors (Lipinski definition) is 0. The molecule has 0 unspecified atom stereocenters. The molecule has 0 amide bonds. The lowest BCUT2D eigenvalue weighted by atomic mass is 9.88. The van der Waals surface area contributed by atoms with Gasteiger partial charge >= 0.3 is 0 Å². The minimum Gasteiger partial charge on any atom is -0.373 e. The Morgan fingerprint density at radius 2 is 1.89 bits per heavy atom. The predicted octanol–water partition coefficient (Wildman–Crippen LogP) is 4.65. The molecule has 2 atom stereocenters. The van der Waals surface area contributed by atoms with Gasteiger partial charge in [0.1, 0.15) is 0 Å². The fourth-order valence-electron chi connectivity index (χ4n) is 2.27. The summed E-state index contributed by atoms with van der Waals surface area (Å²) in [7, 11) is 0. The maximum absolute atomic E-state index is 6.02. The van der Waals surface area contributed by atoms with Gasteiger partial charge in [-0.05, 0) is 24.8 Å². The second kappa shape index (κ2) is 7.96. The first-order valence-corrected chi connectivity index (χ1v) is 6.97. The normalized spacial score (nSPS) is 14.1. The van der Waals surface area contributed by atoms with Crippen LogP contribution in [0.4, 0.5) is 0 Å². The number of hydrogen-bond acceptors (Lipinski definition) is 1. The second-order valence-electron chi connectivity index (χ2n) is 5.57. The van der Waals surface area contributed by atoms with Gasteiger partial charge in [0.15, 0.2) is 0 Å². The Morgan fingerprint density at radius 1 is 1.26 bits per heavy atom. The third-order valence-corrected chi connectivity index (χ3v) is 3.22. The van der Waals surface area contributed by atoms with E-state index in [9.17, 15) is 0 Å². The van der Waals surface area contributed by atoms with Gasteiger partial charge in [0, 0.05) is 5.92 Å². The highest BCUT2D eigenvalue weighted by molar-refractivity contribution is 5.16. The molecule has 104 valence electrons. The molecule has 0 saturated carbocycles. The summed E-state index contributed by atoms with van der Waals surface area (Å²) in [5.74, 6) is 0.799. The fraction of sp³-hybridized carbons (Fsp3) is 0.444. The molecule has 0 N–H and O–H groups in total. The highest BCUT2D eigenvalue weighted by atomic mass is 16.5. The molecule has 1 aromatic rings. The van der Waals surface area contributed by atoms with Crippen LogP contribution in [0.5, 0.6) is 0 Å². The maximum atomic E-state index is 6.02. The van der Waals surface area contributed by atoms with E-state index < -0.39 is 0 Å². The van der Waals surface area contributed by atoms with Crippen LogP contribution in [0.1, 0.15) is 26.3 Å². The number of ether oxygens (including phenoxy) is 1. The van der Waals surface area contributed by atoms with Gasteiger partial charge in [0.25, 0.3) is 0 Å². The lowest BCUT2D eigenvalue weighted by molar-refractivity contribution is 0.00772. The molecule has 0 fully saturated rings. The van der Waals surface area contributed by atoms with E-state index in [2.05, 4.69) is 51.3 Å². The Bertz CT molecular complexity index is 391. The van der Waals surface area contributed by atoms with Crippen LogP contribution in [0.2, 0.25) is 0 Å². The summed E-state index contributed by atoms with van der Waals surface area (Å²) in [6.45, 7) is 14.9. The smallest absolute Gasteiger partial charge is 0.0675 e. The van der Waals surface area contributed by atoms with Crippen molar-refractivity contribution in [2.24, 2.45) is 11.8 Å². The third kappa shape index (κ3) is 5.44. The van der Waals surface area contributed by atoms with E-state index in [0.29, 0.717) is 18.4 Å². The van der Waals surface area contributed by atoms with Crippen LogP contribution >= 0.6 is 0 Å². The van der Waals surface area contributed by atoms with Gasteiger partial charge in [-0.25, -0.2) is 0 Å². The molecule has 0 radical (unpaired) electrons. The first-order valence-electron chi connectivity index (χ1n) is 6.97. The van der Waals surface area contributed by atoms with Crippen molar-refractivity contribution in [3.8, 4) is 0 Å². The lowest BCUT2D eigenvalue weighted by Gasteiger charge is -2.28. The molecule has 0 saturated heterocycles. The number of benzene rings is 1. The summed E-state index contributed by atoms with van der Waals surface area (Å²) >= 11 is 0. The largest absolute Gasteiger partial charge is 0.373 e. The first-order chi connectivity index (χ1) is 9.04. The van der Waals surface area contributed by atoms with Gasteiger partial charge in [-0.2, -0.15) is 0 Å². The van der Waals surface area contributed by atoms with E-state index in [0.717, 1.165) is 12.0 Å². The van der Waals surface area contributed by atoms with Crippen molar-refractivity contribution < 1.29 is 4.74 Å². The van der Waals surface area contributed by atoms with Gasteiger partial charge in [0.2, 0.25) is 0 Å². The van der Waals surface area contributed by atoms with Crippen molar-refractivity contribution >= 4 is 0 Å². The average molecular weight is 258 g/mol. The Labute approximate surface area is 118 Å². The monoisotopic (exact) mass is 258 g/mol. The predicted molar refractivity (Wildman–Crippen MR) is 83.2 cm³/mol. The highest BCUT2D eigenvalue weighted by Gasteiger charge is 2.23. The molecule has 0 aliphatic heterocycles. The van der Waals surface area contributed by atoms with Crippen LogP contribution in [0.25, 0.3) is 0 Å². The van der Waals surface area contributed by atoms with Crippen LogP contribution in [0, 0.1) is 11.8 Å². The Kier molecular flexibility index (Phi) is 6.58. The van der Waals surface area contributed by atoms with E-state index in [4.69, 9.17) is 4.74 Å². The van der Waals surface area contributed by atoms with Crippen LogP contribution in [0.15, 0.2) is 55.1 Å². The Morgan fingerprint density at radius 3 is 2.37 bits per heavy atom. The Hall–Kier alpha value is -1.34. The summed E-state index contributed by atoms with van der Waals surface area (Å²) in [6, 6.07) is 10.5. The van der Waals surface area contributed by atoms with Crippen molar-refractivity contribution in [3.63, 3.8) is 0 Å². The standard InChI is InChI=1S/C18H26O/c1-6-17(12-16-10-8-7-9-11-16)18(15(4)5)19-13-14(2)3/h6-11,15,17-18H,1-2,12-13H2,3-5H3/t17-,18+/m1/s1. The van der Waals surface area contributed by atoms with Crippen LogP contribution < -0.4 is 0 Å². The van der Waals surface area contributed by atoms with Gasteiger partial charge in [-0.15, -0.1) is 6.58 Å². The second-order valence-corrected chi connectivity index (χ2v) is 5.57. The molecular formula is C18H26O. The molecular weight excluding hydrogens is 232 g/mol. The molecule has 0 aromatic heterocycles. The van der Waals surface area contributed by atoms with Crippen molar-refractivity contribution in [1.29, 1.82) is 0 Å². The zero-order chi connectivity index (χ0) is 14.3. The van der Waals surface area contributed by atoms with Crippen LogP contribution in [-0.2, 0) is 11.2 Å². The minimum atomic E-state index is 0.189. The van der Waals surface area contributed by atoms with Crippen LogP contribution in [0.3, 0.4) is 0 Å². The topological polar surface area (TPSA) is 9.23 Å². The fourth-order valence-corrected chi connectivity index (χ4v) is 2.27. The molecule has 1 rings (SSSR count). The van der Waals surface area contributed by atoms with E-state index >= 15 is 0 Å². The van der Waals surface area contributed by atoms with E-state index in [1.807, 2.05) is 19.1 Å². The maximum Gasteiger partial charge on any atom is 0.0675 e. The van der Waals surface area contributed by atoms with Gasteiger partial charge in [0.05, 0.1) is 12.7 Å². The molecule has 1 nitrogen and oxygen atoms in total. The van der Waals surface area contributed by atoms with Gasteiger partial charge in [-0.1, -0.05) is 62.4 Å². The van der Waals surface area contributed by atoms with Gasteiger partial charge < -0.3 is 4.74 Å². The minimum absolute atomic E-state index is 0.189. The molecule has 19 heavy (non-hydrogen) atoms. The van der Waals surface area contributed by atoms with Crippen molar-refractivity contribution in [1.82, 2.24) is 0 Å². The summed E-state index contributed by atoms with van der Waals surface area (Å²) in [6.07, 6.45) is 3.19. The molecule has 0 spiro atoms. The van der Waals surface area contributed by atoms with E-state index in [1.54, 1.807) is 0 Å².